The van der Waals surface area contributed by atoms with Gasteiger partial charge in [0.25, 0.3) is 0 Å². The number of nitrogens with one attached hydrogen (secondary N) is 1. The van der Waals surface area contributed by atoms with E-state index in [1.165, 1.54) is 11.8 Å². The lowest BCUT2D eigenvalue weighted by Crippen LogP contribution is -2.15. The molecule has 1 amide bonds. The van der Waals surface area contributed by atoms with E-state index in [1.54, 1.807) is 18.3 Å². The highest BCUT2D eigenvalue weighted by Gasteiger charge is 2.19. The smallest absolute Gasteiger partial charge is 0.234 e. The van der Waals surface area contributed by atoms with Crippen molar-refractivity contribution in [2.24, 2.45) is 0 Å². The molecule has 0 aliphatic carbocycles. The van der Waals surface area contributed by atoms with Crippen molar-refractivity contribution < 1.29 is 4.79 Å². The quantitative estimate of drug-likeness (QED) is 0.430. The largest absolute Gasteiger partial charge is 0.324 e. The van der Waals surface area contributed by atoms with Crippen LogP contribution in [0.25, 0.3) is 17.2 Å². The molecule has 2 aromatic heterocycles. The number of benzene rings is 2. The van der Waals surface area contributed by atoms with Crippen LogP contribution in [0.2, 0.25) is 5.02 Å². The van der Waals surface area contributed by atoms with Crippen LogP contribution in [0.3, 0.4) is 0 Å². The van der Waals surface area contributed by atoms with Crippen LogP contribution in [0.5, 0.6) is 0 Å². The highest BCUT2D eigenvalue weighted by molar-refractivity contribution is 7.99. The molecule has 6 nitrogen and oxygen atoms in total. The van der Waals surface area contributed by atoms with Crippen LogP contribution in [0.4, 0.5) is 5.69 Å². The Bertz CT molecular complexity index is 1180. The third kappa shape index (κ3) is 4.37. The minimum absolute atomic E-state index is 0.164. The first kappa shape index (κ1) is 20.1. The number of aromatic nitrogens is 4. The van der Waals surface area contributed by atoms with Gasteiger partial charge < -0.3 is 5.32 Å². The Morgan fingerprint density at radius 1 is 1.03 bits per heavy atom. The number of hydrogen-bond acceptors (Lipinski definition) is 5. The number of thioether (sulfide) groups is 1. The van der Waals surface area contributed by atoms with Crippen molar-refractivity contribution in [3.8, 4) is 17.2 Å². The molecule has 0 fully saturated rings. The van der Waals surface area contributed by atoms with E-state index in [-0.39, 0.29) is 11.7 Å². The lowest BCUT2D eigenvalue weighted by molar-refractivity contribution is -0.113. The number of nitrogens with zero attached hydrogens (tertiary/aromatic N) is 4. The third-order valence-corrected chi connectivity index (χ3v) is 5.62. The number of para-hydroxylation sites is 2. The fourth-order valence-electron chi connectivity index (χ4n) is 2.93. The summed E-state index contributed by atoms with van der Waals surface area (Å²) in [6.07, 6.45) is 1.72. The minimum atomic E-state index is -0.174. The second kappa shape index (κ2) is 9.11. The molecule has 0 unspecified atom stereocenters. The predicted molar refractivity (Wildman–Crippen MR) is 120 cm³/mol. The minimum Gasteiger partial charge on any atom is -0.324 e. The second-order valence-electron chi connectivity index (χ2n) is 6.46. The van der Waals surface area contributed by atoms with Gasteiger partial charge in [-0.2, -0.15) is 0 Å². The van der Waals surface area contributed by atoms with E-state index in [0.29, 0.717) is 27.4 Å². The van der Waals surface area contributed by atoms with Crippen LogP contribution in [-0.4, -0.2) is 31.4 Å². The van der Waals surface area contributed by atoms with Gasteiger partial charge in [-0.25, -0.2) is 0 Å². The first-order valence-electron chi connectivity index (χ1n) is 9.23. The summed E-state index contributed by atoms with van der Waals surface area (Å²) in [4.78, 5) is 16.9. The molecule has 2 heterocycles. The SMILES string of the molecule is Cc1ccccc1-n1c(SCC(=O)Nc2ccccc2Cl)nnc1-c1ccccn1. The highest BCUT2D eigenvalue weighted by Crippen LogP contribution is 2.29. The Labute approximate surface area is 183 Å². The van der Waals surface area contributed by atoms with Crippen LogP contribution in [-0.2, 0) is 4.79 Å². The number of hydrogen-bond donors (Lipinski definition) is 1. The molecule has 0 bridgehead atoms. The number of pyridine rings is 1. The summed E-state index contributed by atoms with van der Waals surface area (Å²) in [5.74, 6) is 0.614. The van der Waals surface area contributed by atoms with E-state index in [9.17, 15) is 4.79 Å². The lowest BCUT2D eigenvalue weighted by Gasteiger charge is -2.12. The summed E-state index contributed by atoms with van der Waals surface area (Å²) in [6, 6.07) is 20.7. The summed E-state index contributed by atoms with van der Waals surface area (Å²) in [6.45, 7) is 2.02. The summed E-state index contributed by atoms with van der Waals surface area (Å²) in [5.41, 5.74) is 3.30. The summed E-state index contributed by atoms with van der Waals surface area (Å²) >= 11 is 7.43. The van der Waals surface area contributed by atoms with E-state index in [2.05, 4.69) is 20.5 Å². The van der Waals surface area contributed by atoms with Gasteiger partial charge >= 0.3 is 0 Å². The molecular formula is C22H18ClN5OS. The molecule has 4 aromatic rings. The number of carbonyl (C=O) groups is 1. The standard InChI is InChI=1S/C22H18ClN5OS/c1-15-8-2-5-12-19(15)28-21(18-11-6-7-13-24-18)26-27-22(28)30-14-20(29)25-17-10-4-3-9-16(17)23/h2-13H,14H2,1H3,(H,25,29). The van der Waals surface area contributed by atoms with E-state index in [0.717, 1.165) is 11.3 Å². The molecule has 0 saturated carbocycles. The van der Waals surface area contributed by atoms with Crippen molar-refractivity contribution in [2.45, 2.75) is 12.1 Å². The van der Waals surface area contributed by atoms with Crippen LogP contribution in [0.15, 0.2) is 78.1 Å². The van der Waals surface area contributed by atoms with Crippen molar-refractivity contribution in [3.63, 3.8) is 0 Å². The van der Waals surface area contributed by atoms with Crippen molar-refractivity contribution in [3.05, 3.63) is 83.5 Å². The molecule has 1 N–H and O–H groups in total. The van der Waals surface area contributed by atoms with Gasteiger partial charge in [0.15, 0.2) is 11.0 Å². The predicted octanol–water partition coefficient (Wildman–Crippen LogP) is 5.02. The average molecular weight is 436 g/mol. The average Bonchev–Trinajstić information content (AvgIpc) is 3.18. The zero-order chi connectivity index (χ0) is 20.9. The zero-order valence-corrected chi connectivity index (χ0v) is 17.7. The molecular weight excluding hydrogens is 418 g/mol. The van der Waals surface area contributed by atoms with Gasteiger partial charge in [0, 0.05) is 6.20 Å². The Morgan fingerprint density at radius 3 is 2.57 bits per heavy atom. The molecule has 0 saturated heterocycles. The number of aryl methyl sites for hydroxylation is 1. The molecule has 30 heavy (non-hydrogen) atoms. The van der Waals surface area contributed by atoms with Crippen LogP contribution < -0.4 is 5.32 Å². The Morgan fingerprint density at radius 2 is 1.80 bits per heavy atom. The van der Waals surface area contributed by atoms with Gasteiger partial charge in [-0.15, -0.1) is 10.2 Å². The summed E-state index contributed by atoms with van der Waals surface area (Å²) in [7, 11) is 0. The molecule has 0 aliphatic heterocycles. The van der Waals surface area contributed by atoms with Crippen molar-refractivity contribution in [1.29, 1.82) is 0 Å². The number of rotatable bonds is 6. The summed E-state index contributed by atoms with van der Waals surface area (Å²) in [5, 5.41) is 12.6. The number of carbonyl (C=O) groups excluding carboxylic acids is 1. The van der Waals surface area contributed by atoms with Crippen LogP contribution in [0.1, 0.15) is 5.56 Å². The molecule has 0 atom stereocenters. The number of anilines is 1. The van der Waals surface area contributed by atoms with E-state index in [1.807, 2.05) is 66.1 Å². The Kier molecular flexibility index (Phi) is 6.11. The monoisotopic (exact) mass is 435 g/mol. The van der Waals surface area contributed by atoms with Crippen LogP contribution in [0, 0.1) is 6.92 Å². The van der Waals surface area contributed by atoms with Gasteiger partial charge in [-0.1, -0.05) is 59.8 Å². The fourth-order valence-corrected chi connectivity index (χ4v) is 3.86. The molecule has 0 radical (unpaired) electrons. The molecule has 0 aliphatic rings. The highest BCUT2D eigenvalue weighted by atomic mass is 35.5. The van der Waals surface area contributed by atoms with E-state index >= 15 is 0 Å². The van der Waals surface area contributed by atoms with Gasteiger partial charge in [0.1, 0.15) is 5.69 Å². The fraction of sp³-hybridized carbons (Fsp3) is 0.0909. The number of halogens is 1. The van der Waals surface area contributed by atoms with Gasteiger partial charge in [-0.3, -0.25) is 14.3 Å². The van der Waals surface area contributed by atoms with Crippen molar-refractivity contribution in [1.82, 2.24) is 19.7 Å². The Hall–Kier alpha value is -3.16. The molecule has 8 heteroatoms. The molecule has 150 valence electrons. The van der Waals surface area contributed by atoms with Gasteiger partial charge in [0.05, 0.1) is 22.2 Å². The first-order valence-corrected chi connectivity index (χ1v) is 10.6. The molecule has 0 spiro atoms. The second-order valence-corrected chi connectivity index (χ2v) is 7.81. The first-order chi connectivity index (χ1) is 14.6. The topological polar surface area (TPSA) is 72.7 Å². The third-order valence-electron chi connectivity index (χ3n) is 4.36. The summed E-state index contributed by atoms with van der Waals surface area (Å²) < 4.78 is 1.94. The van der Waals surface area contributed by atoms with Gasteiger partial charge in [-0.05, 0) is 42.8 Å². The molecule has 4 rings (SSSR count). The van der Waals surface area contributed by atoms with Gasteiger partial charge in [0.2, 0.25) is 5.91 Å². The lowest BCUT2D eigenvalue weighted by atomic mass is 10.2. The zero-order valence-electron chi connectivity index (χ0n) is 16.1. The molecule has 2 aromatic carbocycles. The maximum atomic E-state index is 12.5. The van der Waals surface area contributed by atoms with Crippen molar-refractivity contribution >= 4 is 35.0 Å². The Balaban J connectivity index is 1.62. The normalized spacial score (nSPS) is 10.7. The van der Waals surface area contributed by atoms with E-state index in [4.69, 9.17) is 11.6 Å². The van der Waals surface area contributed by atoms with E-state index < -0.39 is 0 Å². The van der Waals surface area contributed by atoms with Crippen LogP contribution >= 0.6 is 23.4 Å². The number of amides is 1. The maximum absolute atomic E-state index is 12.5. The van der Waals surface area contributed by atoms with Crippen molar-refractivity contribution in [2.75, 3.05) is 11.1 Å². The maximum Gasteiger partial charge on any atom is 0.234 e.